The molecule has 0 atom stereocenters. The largest absolute Gasteiger partial charge is 2.00 e. The average Bonchev–Trinajstić information content (AvgIpc) is 1.81. The first kappa shape index (κ1) is 16.8. The van der Waals surface area contributed by atoms with Crippen molar-refractivity contribution in [2.45, 2.75) is 32.1 Å². The maximum atomic E-state index is 3.76. The fourth-order valence-corrected chi connectivity index (χ4v) is 0.642. The van der Waals surface area contributed by atoms with Crippen molar-refractivity contribution in [3.8, 4) is 0 Å². The van der Waals surface area contributed by atoms with Gasteiger partial charge in [0.15, 0.2) is 0 Å². The van der Waals surface area contributed by atoms with Crippen LogP contribution in [-0.4, -0.2) is 0 Å². The minimum Gasteiger partial charge on any atom is -0.358 e. The summed E-state index contributed by atoms with van der Waals surface area (Å²) in [5, 5.41) is 0. The SMILES string of the molecule is C=CCCCCC[CH2-].[CH3-].[Zn+2]. The zero-order valence-electron chi connectivity index (χ0n) is 7.23. The van der Waals surface area contributed by atoms with Crippen LogP contribution < -0.4 is 0 Å². The van der Waals surface area contributed by atoms with Gasteiger partial charge in [0.1, 0.15) is 0 Å². The Hall–Kier alpha value is 0.363. The van der Waals surface area contributed by atoms with Crippen LogP contribution in [0.4, 0.5) is 0 Å². The fourth-order valence-electron chi connectivity index (χ4n) is 0.642. The Kier molecular flexibility index (Phi) is 27.1. The van der Waals surface area contributed by atoms with E-state index in [0.717, 1.165) is 6.42 Å². The molecule has 0 aromatic heterocycles. The van der Waals surface area contributed by atoms with Crippen molar-refractivity contribution in [1.29, 1.82) is 0 Å². The summed E-state index contributed by atoms with van der Waals surface area (Å²) < 4.78 is 0. The summed E-state index contributed by atoms with van der Waals surface area (Å²) in [5.41, 5.74) is 0. The second-order valence-electron chi connectivity index (χ2n) is 1.99. The monoisotopic (exact) mass is 190 g/mol. The summed E-state index contributed by atoms with van der Waals surface area (Å²) in [7, 11) is 0. The molecule has 0 radical (unpaired) electrons. The number of rotatable bonds is 5. The normalized spacial score (nSPS) is 7.30. The van der Waals surface area contributed by atoms with Crippen LogP contribution in [0.15, 0.2) is 12.7 Å². The van der Waals surface area contributed by atoms with E-state index >= 15 is 0 Å². The van der Waals surface area contributed by atoms with Crippen LogP contribution in [0.3, 0.4) is 0 Å². The van der Waals surface area contributed by atoms with E-state index in [1.54, 1.807) is 0 Å². The zero-order chi connectivity index (χ0) is 6.24. The maximum Gasteiger partial charge on any atom is 2.00 e. The predicted octanol–water partition coefficient (Wildman–Crippen LogP) is 3.40. The van der Waals surface area contributed by atoms with Crippen LogP contribution in [0, 0.1) is 14.4 Å². The molecule has 56 valence electrons. The van der Waals surface area contributed by atoms with E-state index in [4.69, 9.17) is 0 Å². The van der Waals surface area contributed by atoms with E-state index in [1.807, 2.05) is 6.08 Å². The van der Waals surface area contributed by atoms with Gasteiger partial charge in [0, 0.05) is 0 Å². The van der Waals surface area contributed by atoms with Gasteiger partial charge in [0.2, 0.25) is 0 Å². The minimum absolute atomic E-state index is 0. The molecule has 0 aromatic rings. The Labute approximate surface area is 78.9 Å². The van der Waals surface area contributed by atoms with Gasteiger partial charge >= 0.3 is 19.5 Å². The Morgan fingerprint density at radius 1 is 1.20 bits per heavy atom. The van der Waals surface area contributed by atoms with Crippen molar-refractivity contribution in [1.82, 2.24) is 0 Å². The molecule has 0 rings (SSSR count). The molecule has 0 saturated carbocycles. The molecule has 0 unspecified atom stereocenters. The van der Waals surface area contributed by atoms with Crippen LogP contribution in [0.1, 0.15) is 32.1 Å². The molecule has 0 aliphatic heterocycles. The summed E-state index contributed by atoms with van der Waals surface area (Å²) in [6.07, 6.45) is 8.10. The average molecular weight is 192 g/mol. The van der Waals surface area contributed by atoms with E-state index < -0.39 is 0 Å². The number of allylic oxidation sites excluding steroid dienone is 1. The molecule has 0 aliphatic carbocycles. The van der Waals surface area contributed by atoms with Gasteiger partial charge in [-0.3, -0.25) is 0 Å². The van der Waals surface area contributed by atoms with E-state index in [9.17, 15) is 0 Å². The Balaban J connectivity index is -0.000000245. The summed E-state index contributed by atoms with van der Waals surface area (Å²) in [6, 6.07) is 0. The van der Waals surface area contributed by atoms with Crippen molar-refractivity contribution in [2.24, 2.45) is 0 Å². The van der Waals surface area contributed by atoms with Crippen molar-refractivity contribution in [3.05, 3.63) is 27.0 Å². The number of hydrogen-bond acceptors (Lipinski definition) is 0. The van der Waals surface area contributed by atoms with Gasteiger partial charge in [-0.05, 0) is 12.8 Å². The van der Waals surface area contributed by atoms with Crippen LogP contribution in [0.25, 0.3) is 0 Å². The van der Waals surface area contributed by atoms with Crippen LogP contribution in [0.2, 0.25) is 0 Å². The van der Waals surface area contributed by atoms with E-state index in [2.05, 4.69) is 13.5 Å². The zero-order valence-corrected chi connectivity index (χ0v) is 10.2. The van der Waals surface area contributed by atoms with Crippen molar-refractivity contribution >= 4 is 0 Å². The maximum absolute atomic E-state index is 3.76. The topological polar surface area (TPSA) is 0 Å². The molecule has 0 aromatic carbocycles. The third kappa shape index (κ3) is 15.8. The molecule has 0 nitrogen and oxygen atoms in total. The van der Waals surface area contributed by atoms with Crippen molar-refractivity contribution in [2.75, 3.05) is 0 Å². The van der Waals surface area contributed by atoms with Gasteiger partial charge in [0.05, 0.1) is 0 Å². The summed E-state index contributed by atoms with van der Waals surface area (Å²) >= 11 is 0. The number of hydrogen-bond donors (Lipinski definition) is 0. The molecular formula is C9H18Zn. The van der Waals surface area contributed by atoms with Crippen LogP contribution in [-0.2, 0) is 19.5 Å². The first-order valence-corrected chi connectivity index (χ1v) is 3.32. The number of unbranched alkanes of at least 4 members (excludes halogenated alkanes) is 4. The molecule has 10 heavy (non-hydrogen) atoms. The van der Waals surface area contributed by atoms with E-state index in [0.29, 0.717) is 0 Å². The quantitative estimate of drug-likeness (QED) is 0.270. The third-order valence-electron chi connectivity index (χ3n) is 1.16. The third-order valence-corrected chi connectivity index (χ3v) is 1.16. The van der Waals surface area contributed by atoms with Gasteiger partial charge < -0.3 is 14.4 Å². The smallest absolute Gasteiger partial charge is 0.358 e. The molecule has 0 fully saturated rings. The van der Waals surface area contributed by atoms with Gasteiger partial charge in [-0.1, -0.05) is 18.9 Å². The second kappa shape index (κ2) is 16.2. The summed E-state index contributed by atoms with van der Waals surface area (Å²) in [5.74, 6) is 0. The van der Waals surface area contributed by atoms with Gasteiger partial charge in [0.25, 0.3) is 0 Å². The van der Waals surface area contributed by atoms with Crippen LogP contribution >= 0.6 is 0 Å². The summed E-state index contributed by atoms with van der Waals surface area (Å²) in [4.78, 5) is 0. The Morgan fingerprint density at radius 3 is 2.20 bits per heavy atom. The molecule has 0 spiro atoms. The predicted molar refractivity (Wildman–Crippen MR) is 45.1 cm³/mol. The van der Waals surface area contributed by atoms with Crippen molar-refractivity contribution in [3.63, 3.8) is 0 Å². The fraction of sp³-hybridized carbons (Fsp3) is 0.556. The molecular weight excluding hydrogens is 173 g/mol. The molecule has 0 amide bonds. The minimum atomic E-state index is 0. The molecule has 0 N–H and O–H groups in total. The first-order valence-electron chi connectivity index (χ1n) is 3.32. The molecule has 1 heteroatoms. The first-order chi connectivity index (χ1) is 3.91. The van der Waals surface area contributed by atoms with Gasteiger partial charge in [-0.2, -0.15) is 6.42 Å². The molecule has 0 heterocycles. The van der Waals surface area contributed by atoms with E-state index in [-0.39, 0.29) is 26.9 Å². The second-order valence-corrected chi connectivity index (χ2v) is 1.99. The van der Waals surface area contributed by atoms with E-state index in [1.165, 1.54) is 25.7 Å². The Bertz CT molecular complexity index is 50.7. The van der Waals surface area contributed by atoms with Gasteiger partial charge in [-0.15, -0.1) is 6.58 Å². The Morgan fingerprint density at radius 2 is 1.80 bits per heavy atom. The molecule has 0 aliphatic rings. The molecule has 0 saturated heterocycles. The standard InChI is InChI=1S/C8H15.CH3.Zn/c1-3-5-7-8-6-4-2;;/h3H,1-2,4-8H2;1H3;/q2*-1;+2. The summed E-state index contributed by atoms with van der Waals surface area (Å²) in [6.45, 7) is 7.40. The van der Waals surface area contributed by atoms with Gasteiger partial charge in [-0.25, -0.2) is 0 Å². The molecule has 0 bridgehead atoms. The van der Waals surface area contributed by atoms with Crippen molar-refractivity contribution < 1.29 is 19.5 Å². The van der Waals surface area contributed by atoms with Crippen LogP contribution in [0.5, 0.6) is 0 Å².